The summed E-state index contributed by atoms with van der Waals surface area (Å²) in [4.78, 5) is 1.29. The van der Waals surface area contributed by atoms with Crippen molar-refractivity contribution in [2.75, 3.05) is 6.54 Å². The number of benzene rings is 1. The highest BCUT2D eigenvalue weighted by Crippen LogP contribution is 2.35. The van der Waals surface area contributed by atoms with E-state index in [1.807, 2.05) is 0 Å². The van der Waals surface area contributed by atoms with Gasteiger partial charge in [0.05, 0.1) is 10.4 Å². The van der Waals surface area contributed by atoms with Gasteiger partial charge in [-0.05, 0) is 50.1 Å². The monoisotopic (exact) mass is 293 g/mol. The molecule has 0 aliphatic heterocycles. The fraction of sp³-hybridized carbons (Fsp3) is 0.375. The van der Waals surface area contributed by atoms with E-state index in [-0.39, 0.29) is 6.04 Å². The first-order valence-corrected chi connectivity index (χ1v) is 7.78. The molecule has 0 saturated heterocycles. The molecule has 2 aromatic rings. The Morgan fingerprint density at radius 3 is 2.42 bits per heavy atom. The Morgan fingerprint density at radius 1 is 1.16 bits per heavy atom. The molecule has 19 heavy (non-hydrogen) atoms. The number of thiophene rings is 1. The molecule has 1 atom stereocenters. The normalized spacial score (nSPS) is 12.7. The van der Waals surface area contributed by atoms with Gasteiger partial charge < -0.3 is 5.32 Å². The second kappa shape index (κ2) is 6.08. The molecule has 1 unspecified atom stereocenters. The van der Waals surface area contributed by atoms with Gasteiger partial charge in [-0.25, -0.2) is 0 Å². The molecule has 0 radical (unpaired) electrons. The summed E-state index contributed by atoms with van der Waals surface area (Å²) in [6.45, 7) is 9.44. The fourth-order valence-corrected chi connectivity index (χ4v) is 3.66. The second-order valence-electron chi connectivity index (χ2n) is 4.96. The van der Waals surface area contributed by atoms with E-state index in [4.69, 9.17) is 11.6 Å². The zero-order chi connectivity index (χ0) is 14.0. The average Bonchev–Trinajstić information content (AvgIpc) is 2.67. The molecule has 1 nitrogen and oxygen atoms in total. The van der Waals surface area contributed by atoms with Crippen LogP contribution in [0.4, 0.5) is 0 Å². The number of halogens is 1. The van der Waals surface area contributed by atoms with Crippen molar-refractivity contribution < 1.29 is 0 Å². The van der Waals surface area contributed by atoms with Crippen LogP contribution in [0.25, 0.3) is 0 Å². The van der Waals surface area contributed by atoms with Crippen LogP contribution in [0.1, 0.15) is 40.1 Å². The van der Waals surface area contributed by atoms with Gasteiger partial charge in [-0.2, -0.15) is 0 Å². The van der Waals surface area contributed by atoms with Crippen LogP contribution in [-0.4, -0.2) is 6.54 Å². The molecule has 0 saturated carbocycles. The van der Waals surface area contributed by atoms with Crippen LogP contribution in [0.5, 0.6) is 0 Å². The summed E-state index contributed by atoms with van der Waals surface area (Å²) in [5, 5.41) is 3.57. The summed E-state index contributed by atoms with van der Waals surface area (Å²) in [6.07, 6.45) is 0. The molecule has 102 valence electrons. The number of aryl methyl sites for hydroxylation is 3. The zero-order valence-electron chi connectivity index (χ0n) is 11.9. The summed E-state index contributed by atoms with van der Waals surface area (Å²) in [5.41, 5.74) is 5.13. The van der Waals surface area contributed by atoms with Gasteiger partial charge in [0.25, 0.3) is 0 Å². The summed E-state index contributed by atoms with van der Waals surface area (Å²) in [7, 11) is 0. The zero-order valence-corrected chi connectivity index (χ0v) is 13.5. The highest BCUT2D eigenvalue weighted by Gasteiger charge is 2.18. The lowest BCUT2D eigenvalue weighted by Crippen LogP contribution is -2.21. The molecule has 0 aliphatic carbocycles. The summed E-state index contributed by atoms with van der Waals surface area (Å²) in [5.74, 6) is 0. The van der Waals surface area contributed by atoms with Crippen LogP contribution in [0.2, 0.25) is 4.34 Å². The minimum absolute atomic E-state index is 0.238. The molecule has 0 fully saturated rings. The van der Waals surface area contributed by atoms with Crippen molar-refractivity contribution >= 4 is 22.9 Å². The Hall–Kier alpha value is -0.830. The molecule has 0 spiro atoms. The van der Waals surface area contributed by atoms with E-state index >= 15 is 0 Å². The largest absolute Gasteiger partial charge is 0.306 e. The van der Waals surface area contributed by atoms with Crippen molar-refractivity contribution in [1.82, 2.24) is 5.32 Å². The van der Waals surface area contributed by atoms with E-state index in [2.05, 4.69) is 57.3 Å². The number of hydrogen-bond acceptors (Lipinski definition) is 2. The first kappa shape index (κ1) is 14.6. The molecule has 1 aromatic carbocycles. The van der Waals surface area contributed by atoms with Crippen molar-refractivity contribution in [3.8, 4) is 0 Å². The van der Waals surface area contributed by atoms with Crippen molar-refractivity contribution in [2.45, 2.75) is 33.7 Å². The Labute approximate surface area is 124 Å². The lowest BCUT2D eigenvalue weighted by atomic mass is 9.98. The smallest absolute Gasteiger partial charge is 0.0961 e. The molecule has 0 amide bonds. The fourth-order valence-electron chi connectivity index (χ4n) is 2.34. The quantitative estimate of drug-likeness (QED) is 0.834. The number of rotatable bonds is 4. The molecular weight excluding hydrogens is 274 g/mol. The van der Waals surface area contributed by atoms with E-state index < -0.39 is 0 Å². The highest BCUT2D eigenvalue weighted by molar-refractivity contribution is 7.16. The lowest BCUT2D eigenvalue weighted by molar-refractivity contribution is 0.636. The third kappa shape index (κ3) is 3.19. The van der Waals surface area contributed by atoms with E-state index in [0.717, 1.165) is 16.4 Å². The Bertz CT molecular complexity index is 555. The summed E-state index contributed by atoms with van der Waals surface area (Å²) >= 11 is 7.89. The summed E-state index contributed by atoms with van der Waals surface area (Å²) in [6, 6.07) is 9.07. The Balaban J connectivity index is 2.44. The van der Waals surface area contributed by atoms with Crippen LogP contribution in [0, 0.1) is 20.8 Å². The van der Waals surface area contributed by atoms with Crippen LogP contribution in [0.3, 0.4) is 0 Å². The van der Waals surface area contributed by atoms with Crippen molar-refractivity contribution in [2.24, 2.45) is 0 Å². The second-order valence-corrected chi connectivity index (χ2v) is 6.64. The number of hydrogen-bond donors (Lipinski definition) is 1. The van der Waals surface area contributed by atoms with Crippen LogP contribution in [0.15, 0.2) is 24.3 Å². The molecule has 1 heterocycles. The molecule has 0 bridgehead atoms. The predicted octanol–water partition coefficient (Wildman–Crippen LogP) is 5.03. The third-order valence-electron chi connectivity index (χ3n) is 3.31. The van der Waals surface area contributed by atoms with Gasteiger partial charge in [-0.1, -0.05) is 42.3 Å². The van der Waals surface area contributed by atoms with Crippen LogP contribution < -0.4 is 5.32 Å². The van der Waals surface area contributed by atoms with Crippen molar-refractivity contribution in [1.29, 1.82) is 0 Å². The third-order valence-corrected chi connectivity index (χ3v) is 4.93. The molecule has 1 aromatic heterocycles. The van der Waals surface area contributed by atoms with Crippen LogP contribution in [-0.2, 0) is 0 Å². The lowest BCUT2D eigenvalue weighted by Gasteiger charge is -2.19. The molecular formula is C16H20ClNS. The predicted molar refractivity (Wildman–Crippen MR) is 85.5 cm³/mol. The van der Waals surface area contributed by atoms with Gasteiger partial charge in [0.15, 0.2) is 0 Å². The maximum atomic E-state index is 6.22. The standard InChI is InChI=1S/C16H20ClNS/c1-5-18-15(14-9-12(4)16(17)19-14)13-7-6-10(2)8-11(13)3/h6-9,15,18H,5H2,1-4H3. The minimum Gasteiger partial charge on any atom is -0.306 e. The van der Waals surface area contributed by atoms with E-state index in [0.29, 0.717) is 0 Å². The number of nitrogens with one attached hydrogen (secondary N) is 1. The Kier molecular flexibility index (Phi) is 4.67. The van der Waals surface area contributed by atoms with E-state index in [1.165, 1.54) is 21.6 Å². The maximum Gasteiger partial charge on any atom is 0.0961 e. The highest BCUT2D eigenvalue weighted by atomic mass is 35.5. The van der Waals surface area contributed by atoms with Crippen molar-refractivity contribution in [3.05, 3.63) is 55.7 Å². The average molecular weight is 294 g/mol. The molecule has 0 aliphatic rings. The minimum atomic E-state index is 0.238. The van der Waals surface area contributed by atoms with Crippen molar-refractivity contribution in [3.63, 3.8) is 0 Å². The van der Waals surface area contributed by atoms with Gasteiger partial charge >= 0.3 is 0 Å². The maximum absolute atomic E-state index is 6.22. The molecule has 2 rings (SSSR count). The first-order chi connectivity index (χ1) is 9.02. The van der Waals surface area contributed by atoms with Gasteiger partial charge in [-0.15, -0.1) is 11.3 Å². The van der Waals surface area contributed by atoms with Gasteiger partial charge in [-0.3, -0.25) is 0 Å². The van der Waals surface area contributed by atoms with E-state index in [1.54, 1.807) is 11.3 Å². The van der Waals surface area contributed by atoms with E-state index in [9.17, 15) is 0 Å². The topological polar surface area (TPSA) is 12.0 Å². The SMILES string of the molecule is CCNC(c1cc(C)c(Cl)s1)c1ccc(C)cc1C. The molecule has 1 N–H and O–H groups in total. The summed E-state index contributed by atoms with van der Waals surface area (Å²) < 4.78 is 0.891. The van der Waals surface area contributed by atoms with Gasteiger partial charge in [0, 0.05) is 4.88 Å². The van der Waals surface area contributed by atoms with Crippen LogP contribution >= 0.6 is 22.9 Å². The Morgan fingerprint density at radius 2 is 1.89 bits per heavy atom. The van der Waals surface area contributed by atoms with Gasteiger partial charge in [0.1, 0.15) is 0 Å². The first-order valence-electron chi connectivity index (χ1n) is 6.59. The van der Waals surface area contributed by atoms with Gasteiger partial charge in [0.2, 0.25) is 0 Å². The molecule has 3 heteroatoms.